The number of ether oxygens (including phenoxy) is 1. The van der Waals surface area contributed by atoms with E-state index in [2.05, 4.69) is 0 Å². The molecule has 0 fully saturated rings. The number of halogens is 3. The number of benzene rings is 3. The molecule has 0 atom stereocenters. The Hall–Kier alpha value is -4.20. The number of anilines is 1. The number of aromatic nitrogens is 1. The largest absolute Gasteiger partial charge is 0.488 e. The number of nitrogens with zero attached hydrogens (tertiary/aromatic N) is 1. The van der Waals surface area contributed by atoms with Crippen LogP contribution in [-0.4, -0.2) is 15.6 Å². The van der Waals surface area contributed by atoms with Crippen molar-refractivity contribution in [1.29, 1.82) is 0 Å². The number of rotatable bonds is 6. The lowest BCUT2D eigenvalue weighted by Gasteiger charge is -2.18. The molecule has 8 heteroatoms. The first-order valence-corrected chi connectivity index (χ1v) is 10.3. The first-order valence-electron chi connectivity index (χ1n) is 10.3. The van der Waals surface area contributed by atoms with Gasteiger partial charge in [-0.05, 0) is 60.5 Å². The smallest absolute Gasteiger partial charge is 0.416 e. The van der Waals surface area contributed by atoms with E-state index in [4.69, 9.17) is 10.5 Å². The van der Waals surface area contributed by atoms with Gasteiger partial charge in [0.15, 0.2) is 0 Å². The monoisotopic (exact) mass is 466 g/mol. The number of alkyl halides is 3. The molecule has 0 radical (unpaired) electrons. The molecule has 4 aromatic rings. The van der Waals surface area contributed by atoms with Crippen LogP contribution in [0.2, 0.25) is 0 Å². The van der Waals surface area contributed by atoms with Gasteiger partial charge in [-0.3, -0.25) is 0 Å². The van der Waals surface area contributed by atoms with E-state index < -0.39 is 17.7 Å². The predicted molar refractivity (Wildman–Crippen MR) is 123 cm³/mol. The lowest BCUT2D eigenvalue weighted by atomic mass is 10.0. The van der Waals surface area contributed by atoms with Gasteiger partial charge in [0.1, 0.15) is 12.4 Å². The molecule has 1 aromatic heterocycles. The maximum absolute atomic E-state index is 13.5. The lowest BCUT2D eigenvalue weighted by molar-refractivity contribution is -0.137. The molecule has 0 saturated heterocycles. The summed E-state index contributed by atoms with van der Waals surface area (Å²) in [6.45, 7) is 1.77. The van der Waals surface area contributed by atoms with Gasteiger partial charge >= 0.3 is 12.1 Å². The van der Waals surface area contributed by atoms with Crippen LogP contribution < -0.4 is 10.5 Å². The Kier molecular flexibility index (Phi) is 6.06. The van der Waals surface area contributed by atoms with E-state index in [1.54, 1.807) is 35.9 Å². The van der Waals surface area contributed by atoms with E-state index in [9.17, 15) is 23.1 Å². The molecule has 174 valence electrons. The van der Waals surface area contributed by atoms with E-state index in [1.807, 2.05) is 30.3 Å². The van der Waals surface area contributed by atoms with Gasteiger partial charge in [-0.25, -0.2) is 4.79 Å². The minimum Gasteiger partial charge on any atom is -0.488 e. The highest BCUT2D eigenvalue weighted by atomic mass is 19.4. The standard InChI is InChI=1S/C26H21F3N2O3/c1-16-20(25(32)33)13-19(14-22(16)30)31-11-5-8-23(31)21-12-18(26(27,28)29)9-10-24(21)34-15-17-6-3-2-4-7-17/h2-14H,15,30H2,1H3,(H,32,33). The number of nitrogen functional groups attached to an aromatic ring is 1. The maximum atomic E-state index is 13.5. The second-order valence-electron chi connectivity index (χ2n) is 7.76. The molecule has 3 N–H and O–H groups in total. The number of carbonyl (C=O) groups is 1. The van der Waals surface area contributed by atoms with Crippen molar-refractivity contribution >= 4 is 11.7 Å². The van der Waals surface area contributed by atoms with Crippen LogP contribution >= 0.6 is 0 Å². The number of aromatic carboxylic acids is 1. The van der Waals surface area contributed by atoms with Crippen LogP contribution in [0.5, 0.6) is 5.75 Å². The van der Waals surface area contributed by atoms with Crippen LogP contribution in [0.4, 0.5) is 18.9 Å². The molecule has 0 bridgehead atoms. The summed E-state index contributed by atoms with van der Waals surface area (Å²) < 4.78 is 48.1. The first kappa shape index (κ1) is 23.0. The molecule has 0 aliphatic carbocycles. The van der Waals surface area contributed by atoms with Crippen molar-refractivity contribution in [3.05, 3.63) is 101 Å². The van der Waals surface area contributed by atoms with Crippen LogP contribution in [0.3, 0.4) is 0 Å². The van der Waals surface area contributed by atoms with E-state index in [-0.39, 0.29) is 29.2 Å². The van der Waals surface area contributed by atoms with E-state index in [1.165, 1.54) is 12.1 Å². The third-order valence-electron chi connectivity index (χ3n) is 5.51. The van der Waals surface area contributed by atoms with Crippen LogP contribution in [0.1, 0.15) is 27.0 Å². The van der Waals surface area contributed by atoms with Crippen molar-refractivity contribution in [2.75, 3.05) is 5.73 Å². The quantitative estimate of drug-likeness (QED) is 0.326. The molecule has 34 heavy (non-hydrogen) atoms. The Morgan fingerprint density at radius 3 is 2.44 bits per heavy atom. The number of carboxylic acid groups (broad SMARTS) is 1. The summed E-state index contributed by atoms with van der Waals surface area (Å²) in [6, 6.07) is 18.9. The van der Waals surface area contributed by atoms with Gasteiger partial charge in [-0.1, -0.05) is 30.3 Å². The van der Waals surface area contributed by atoms with Gasteiger partial charge < -0.3 is 20.1 Å². The summed E-state index contributed by atoms with van der Waals surface area (Å²) >= 11 is 0. The van der Waals surface area contributed by atoms with Gasteiger partial charge in [-0.2, -0.15) is 13.2 Å². The van der Waals surface area contributed by atoms with Gasteiger partial charge in [-0.15, -0.1) is 0 Å². The van der Waals surface area contributed by atoms with Gasteiger partial charge in [0.2, 0.25) is 0 Å². The zero-order chi connectivity index (χ0) is 24.5. The highest BCUT2D eigenvalue weighted by molar-refractivity contribution is 5.92. The van der Waals surface area contributed by atoms with E-state index >= 15 is 0 Å². The van der Waals surface area contributed by atoms with Gasteiger partial charge in [0, 0.05) is 23.1 Å². The normalized spacial score (nSPS) is 11.4. The van der Waals surface area contributed by atoms with Crippen LogP contribution in [0.25, 0.3) is 16.9 Å². The number of nitrogens with two attached hydrogens (primary N) is 1. The van der Waals surface area contributed by atoms with Crippen molar-refractivity contribution in [1.82, 2.24) is 4.57 Å². The average molecular weight is 466 g/mol. The minimum atomic E-state index is -4.55. The fourth-order valence-corrected chi connectivity index (χ4v) is 3.68. The molecule has 0 spiro atoms. The van der Waals surface area contributed by atoms with Crippen LogP contribution in [0.15, 0.2) is 79.0 Å². The molecule has 4 rings (SSSR count). The van der Waals surface area contributed by atoms with Crippen LogP contribution in [0, 0.1) is 6.92 Å². The summed E-state index contributed by atoms with van der Waals surface area (Å²) in [5, 5.41) is 9.54. The number of hydrogen-bond donors (Lipinski definition) is 2. The number of hydrogen-bond acceptors (Lipinski definition) is 3. The molecule has 0 aliphatic heterocycles. The topological polar surface area (TPSA) is 77.5 Å². The fourth-order valence-electron chi connectivity index (χ4n) is 3.68. The summed E-state index contributed by atoms with van der Waals surface area (Å²) in [7, 11) is 0. The van der Waals surface area contributed by atoms with E-state index in [0.29, 0.717) is 16.9 Å². The van der Waals surface area contributed by atoms with Crippen molar-refractivity contribution in [3.63, 3.8) is 0 Å². The molecule has 5 nitrogen and oxygen atoms in total. The summed E-state index contributed by atoms with van der Waals surface area (Å²) in [5.74, 6) is -0.888. The summed E-state index contributed by atoms with van der Waals surface area (Å²) in [5.41, 5.74) is 7.78. The zero-order valence-electron chi connectivity index (χ0n) is 18.1. The first-order chi connectivity index (χ1) is 16.1. The SMILES string of the molecule is Cc1c(N)cc(-n2cccc2-c2cc(C(F)(F)F)ccc2OCc2ccccc2)cc1C(=O)O. The molecule has 0 saturated carbocycles. The van der Waals surface area contributed by atoms with Crippen molar-refractivity contribution in [2.24, 2.45) is 0 Å². The zero-order valence-corrected chi connectivity index (χ0v) is 18.1. The highest BCUT2D eigenvalue weighted by Gasteiger charge is 2.31. The van der Waals surface area contributed by atoms with Crippen molar-refractivity contribution in [2.45, 2.75) is 19.7 Å². The molecule has 3 aromatic carbocycles. The number of carboxylic acids is 1. The Balaban J connectivity index is 1.83. The molecular formula is C26H21F3N2O3. The second-order valence-corrected chi connectivity index (χ2v) is 7.76. The second kappa shape index (κ2) is 8.97. The molecule has 0 unspecified atom stereocenters. The van der Waals surface area contributed by atoms with E-state index in [0.717, 1.165) is 17.7 Å². The molecule has 0 amide bonds. The third-order valence-corrected chi connectivity index (χ3v) is 5.51. The minimum absolute atomic E-state index is 0.0132. The average Bonchev–Trinajstić information content (AvgIpc) is 3.29. The van der Waals surface area contributed by atoms with Crippen molar-refractivity contribution < 1.29 is 27.8 Å². The molecular weight excluding hydrogens is 445 g/mol. The van der Waals surface area contributed by atoms with Crippen molar-refractivity contribution in [3.8, 4) is 22.7 Å². The molecule has 1 heterocycles. The summed E-state index contributed by atoms with van der Waals surface area (Å²) in [4.78, 5) is 11.7. The Morgan fingerprint density at radius 1 is 1.03 bits per heavy atom. The Bertz CT molecular complexity index is 1350. The third kappa shape index (κ3) is 4.61. The maximum Gasteiger partial charge on any atom is 0.416 e. The Labute approximate surface area is 193 Å². The van der Waals surface area contributed by atoms with Gasteiger partial charge in [0.25, 0.3) is 0 Å². The Morgan fingerprint density at radius 2 is 1.76 bits per heavy atom. The highest BCUT2D eigenvalue weighted by Crippen LogP contribution is 2.39. The fraction of sp³-hybridized carbons (Fsp3) is 0.115. The van der Waals surface area contributed by atoms with Crippen LogP contribution in [-0.2, 0) is 12.8 Å². The lowest BCUT2D eigenvalue weighted by Crippen LogP contribution is -2.08. The van der Waals surface area contributed by atoms with Gasteiger partial charge in [0.05, 0.1) is 16.8 Å². The predicted octanol–water partition coefficient (Wildman–Crippen LogP) is 6.33. The summed E-state index contributed by atoms with van der Waals surface area (Å²) in [6.07, 6.45) is -2.92. The molecule has 0 aliphatic rings.